The van der Waals surface area contributed by atoms with Crippen molar-refractivity contribution < 1.29 is 0 Å². The fraction of sp³-hybridized carbons (Fsp3) is 0.308. The third-order valence-corrected chi connectivity index (χ3v) is 2.69. The summed E-state index contributed by atoms with van der Waals surface area (Å²) in [5, 5.41) is 0.146. The summed E-state index contributed by atoms with van der Waals surface area (Å²) in [6.45, 7) is 6.09. The maximum atomic E-state index is 11.8. The highest BCUT2D eigenvalue weighted by Gasteiger charge is 2.18. The van der Waals surface area contributed by atoms with Crippen molar-refractivity contribution in [2.45, 2.75) is 26.2 Å². The Labute approximate surface area is 110 Å². The van der Waals surface area contributed by atoms with Gasteiger partial charge in [0.2, 0.25) is 5.28 Å². The first-order valence-electron chi connectivity index (χ1n) is 5.61. The second kappa shape index (κ2) is 4.53. The molecular formula is C13H14ClN3O. The molecule has 2 aromatic rings. The molecule has 0 fully saturated rings. The van der Waals surface area contributed by atoms with Gasteiger partial charge in [0, 0.05) is 23.7 Å². The number of hydrogen-bond acceptors (Lipinski definition) is 3. The predicted molar refractivity (Wildman–Crippen MR) is 71.3 cm³/mol. The third kappa shape index (κ3) is 2.59. The van der Waals surface area contributed by atoms with E-state index in [0.29, 0.717) is 5.82 Å². The molecule has 4 nitrogen and oxygen atoms in total. The highest BCUT2D eigenvalue weighted by atomic mass is 35.5. The van der Waals surface area contributed by atoms with E-state index in [4.69, 9.17) is 11.6 Å². The number of pyridine rings is 1. The Morgan fingerprint density at radius 2 is 1.94 bits per heavy atom. The minimum absolute atomic E-state index is 0.146. The van der Waals surface area contributed by atoms with Crippen molar-refractivity contribution >= 4 is 11.6 Å². The zero-order valence-electron chi connectivity index (χ0n) is 10.5. The molecule has 18 heavy (non-hydrogen) atoms. The molecule has 0 saturated carbocycles. The van der Waals surface area contributed by atoms with E-state index in [1.807, 2.05) is 20.8 Å². The molecule has 2 heterocycles. The van der Waals surface area contributed by atoms with Gasteiger partial charge in [-0.2, -0.15) is 4.98 Å². The first-order chi connectivity index (χ1) is 8.38. The van der Waals surface area contributed by atoms with E-state index >= 15 is 0 Å². The fourth-order valence-electron chi connectivity index (χ4n) is 1.53. The van der Waals surface area contributed by atoms with Crippen molar-refractivity contribution in [2.75, 3.05) is 0 Å². The van der Waals surface area contributed by atoms with Crippen LogP contribution in [0.5, 0.6) is 0 Å². The van der Waals surface area contributed by atoms with Crippen LogP contribution in [0.4, 0.5) is 0 Å². The van der Waals surface area contributed by atoms with Crippen molar-refractivity contribution in [3.8, 4) is 5.82 Å². The fourth-order valence-corrected chi connectivity index (χ4v) is 1.71. The molecule has 0 unspecified atom stereocenters. The summed E-state index contributed by atoms with van der Waals surface area (Å²) in [5.41, 5.74) is 0.500. The lowest BCUT2D eigenvalue weighted by Crippen LogP contribution is -2.20. The summed E-state index contributed by atoms with van der Waals surface area (Å²) in [7, 11) is 0. The van der Waals surface area contributed by atoms with Crippen LogP contribution in [0.2, 0.25) is 5.28 Å². The van der Waals surface area contributed by atoms with Gasteiger partial charge in [-0.3, -0.25) is 9.36 Å². The van der Waals surface area contributed by atoms with Gasteiger partial charge in [-0.25, -0.2) is 4.98 Å². The molecule has 0 aliphatic heterocycles. The second-order valence-electron chi connectivity index (χ2n) is 5.04. The van der Waals surface area contributed by atoms with Crippen LogP contribution in [0.15, 0.2) is 35.3 Å². The molecule has 0 N–H and O–H groups in total. The number of aromatic nitrogens is 3. The van der Waals surface area contributed by atoms with Gasteiger partial charge in [0.05, 0.1) is 5.69 Å². The Morgan fingerprint density at radius 1 is 1.22 bits per heavy atom. The standard InChI is InChI=1S/C13H14ClN3O/c1-13(2,3)9-8-10(16-12(14)15-9)17-7-5-4-6-11(17)18/h4-8H,1-3H3. The quantitative estimate of drug-likeness (QED) is 0.743. The minimum atomic E-state index is -0.153. The molecule has 0 atom stereocenters. The topological polar surface area (TPSA) is 47.8 Å². The number of halogens is 1. The van der Waals surface area contributed by atoms with E-state index < -0.39 is 0 Å². The number of nitrogens with zero attached hydrogens (tertiary/aromatic N) is 3. The number of rotatable bonds is 1. The van der Waals surface area contributed by atoms with Gasteiger partial charge in [-0.1, -0.05) is 26.8 Å². The van der Waals surface area contributed by atoms with Crippen LogP contribution < -0.4 is 5.56 Å². The molecule has 0 aromatic carbocycles. The zero-order valence-corrected chi connectivity index (χ0v) is 11.3. The monoisotopic (exact) mass is 263 g/mol. The molecular weight excluding hydrogens is 250 g/mol. The Balaban J connectivity index is 2.63. The highest BCUT2D eigenvalue weighted by Crippen LogP contribution is 2.22. The first-order valence-corrected chi connectivity index (χ1v) is 5.99. The molecule has 0 aliphatic rings. The van der Waals surface area contributed by atoms with Gasteiger partial charge in [0.15, 0.2) is 0 Å². The largest absolute Gasteiger partial charge is 0.269 e. The average molecular weight is 264 g/mol. The zero-order chi connectivity index (χ0) is 13.3. The van der Waals surface area contributed by atoms with E-state index in [2.05, 4.69) is 9.97 Å². The van der Waals surface area contributed by atoms with Crippen LogP contribution in [0, 0.1) is 0 Å². The third-order valence-electron chi connectivity index (χ3n) is 2.52. The van der Waals surface area contributed by atoms with Crippen molar-refractivity contribution in [1.29, 1.82) is 0 Å². The lowest BCUT2D eigenvalue weighted by atomic mass is 9.92. The molecule has 94 valence electrons. The Hall–Kier alpha value is -1.68. The van der Waals surface area contributed by atoms with Crippen LogP contribution in [0.3, 0.4) is 0 Å². The van der Waals surface area contributed by atoms with Gasteiger partial charge in [0.1, 0.15) is 5.82 Å². The minimum Gasteiger partial charge on any atom is -0.269 e. The summed E-state index contributed by atoms with van der Waals surface area (Å²) in [5.74, 6) is 0.491. The molecule has 0 bridgehead atoms. The van der Waals surface area contributed by atoms with E-state index in [9.17, 15) is 4.79 Å². The lowest BCUT2D eigenvalue weighted by molar-refractivity contribution is 0.565. The average Bonchev–Trinajstić information content (AvgIpc) is 2.27. The van der Waals surface area contributed by atoms with E-state index in [1.165, 1.54) is 10.6 Å². The Kier molecular flexibility index (Phi) is 3.22. The van der Waals surface area contributed by atoms with E-state index in [0.717, 1.165) is 5.69 Å². The smallest absolute Gasteiger partial charge is 0.256 e. The van der Waals surface area contributed by atoms with Crippen molar-refractivity contribution in [3.63, 3.8) is 0 Å². The molecule has 0 spiro atoms. The van der Waals surface area contributed by atoms with Crippen LogP contribution in [0.1, 0.15) is 26.5 Å². The maximum absolute atomic E-state index is 11.8. The van der Waals surface area contributed by atoms with Gasteiger partial charge < -0.3 is 0 Å². The summed E-state index contributed by atoms with van der Waals surface area (Å²) in [4.78, 5) is 20.0. The van der Waals surface area contributed by atoms with Crippen LogP contribution in [-0.2, 0) is 5.41 Å². The second-order valence-corrected chi connectivity index (χ2v) is 5.38. The van der Waals surface area contributed by atoms with E-state index in [-0.39, 0.29) is 16.3 Å². The van der Waals surface area contributed by atoms with Crippen molar-refractivity contribution in [2.24, 2.45) is 0 Å². The molecule has 5 heteroatoms. The summed E-state index contributed by atoms with van der Waals surface area (Å²) in [6, 6.07) is 6.72. The molecule has 2 rings (SSSR count). The van der Waals surface area contributed by atoms with Crippen LogP contribution in [-0.4, -0.2) is 14.5 Å². The van der Waals surface area contributed by atoms with Gasteiger partial charge >= 0.3 is 0 Å². The molecule has 0 saturated heterocycles. The van der Waals surface area contributed by atoms with Gasteiger partial charge in [-0.05, 0) is 17.7 Å². The van der Waals surface area contributed by atoms with Crippen molar-refractivity contribution in [1.82, 2.24) is 14.5 Å². The Morgan fingerprint density at radius 3 is 2.56 bits per heavy atom. The normalized spacial score (nSPS) is 11.6. The first kappa shape index (κ1) is 12.8. The summed E-state index contributed by atoms with van der Waals surface area (Å²) in [6.07, 6.45) is 1.66. The van der Waals surface area contributed by atoms with Gasteiger partial charge in [-0.15, -0.1) is 0 Å². The van der Waals surface area contributed by atoms with Crippen LogP contribution in [0.25, 0.3) is 5.82 Å². The van der Waals surface area contributed by atoms with Crippen LogP contribution >= 0.6 is 11.6 Å². The lowest BCUT2D eigenvalue weighted by Gasteiger charge is -2.18. The van der Waals surface area contributed by atoms with E-state index in [1.54, 1.807) is 24.4 Å². The predicted octanol–water partition coefficient (Wildman–Crippen LogP) is 2.58. The molecule has 2 aromatic heterocycles. The molecule has 0 amide bonds. The SMILES string of the molecule is CC(C)(C)c1cc(-n2ccccc2=O)nc(Cl)n1. The number of hydrogen-bond donors (Lipinski definition) is 0. The van der Waals surface area contributed by atoms with Gasteiger partial charge in [0.25, 0.3) is 5.56 Å². The molecule has 0 aliphatic carbocycles. The molecule has 0 radical (unpaired) electrons. The highest BCUT2D eigenvalue weighted by molar-refractivity contribution is 6.28. The summed E-state index contributed by atoms with van der Waals surface area (Å²) < 4.78 is 1.45. The Bertz CT molecular complexity index is 629. The maximum Gasteiger partial charge on any atom is 0.256 e. The summed E-state index contributed by atoms with van der Waals surface area (Å²) >= 11 is 5.92. The van der Waals surface area contributed by atoms with Crippen molar-refractivity contribution in [3.05, 3.63) is 51.8 Å².